The number of rotatable bonds is 4. The van der Waals surface area contributed by atoms with E-state index in [1.165, 1.54) is 34.2 Å². The second kappa shape index (κ2) is 7.85. The van der Waals surface area contributed by atoms with E-state index < -0.39 is 0 Å². The van der Waals surface area contributed by atoms with E-state index in [2.05, 4.69) is 40.4 Å². The van der Waals surface area contributed by atoms with Crippen molar-refractivity contribution in [2.45, 2.75) is 38.8 Å². The van der Waals surface area contributed by atoms with Gasteiger partial charge in [-0.05, 0) is 78.7 Å². The summed E-state index contributed by atoms with van der Waals surface area (Å²) >= 11 is 0. The lowest BCUT2D eigenvalue weighted by Gasteiger charge is -2.32. The van der Waals surface area contributed by atoms with Gasteiger partial charge in [0.25, 0.3) is 0 Å². The van der Waals surface area contributed by atoms with E-state index >= 15 is 0 Å². The Balaban J connectivity index is 1.59. The number of hydrogen-bond donors (Lipinski definition) is 2. The molecule has 2 aromatic heterocycles. The van der Waals surface area contributed by atoms with E-state index in [4.69, 9.17) is 4.74 Å². The first-order valence-corrected chi connectivity index (χ1v) is 10.7. The maximum atomic E-state index is 12.4. The number of ether oxygens (including phenoxy) is 1. The van der Waals surface area contributed by atoms with Gasteiger partial charge in [0.1, 0.15) is 12.3 Å². The fraction of sp³-hybridized carbons (Fsp3) is 0.417. The Morgan fingerprint density at radius 3 is 3.00 bits per heavy atom. The standard InChI is InChI=1S/C24H28N4O2/c1-15-11-26-24-20(15)10-17(12-27-24)16-8-18-13-28(23(29)14-30-2)7-5-19(18)21(9-16)22-4-3-6-25-22/h8-12,22,25H,3-7,13-14H2,1-2H3,(H,26,27)/t22-/m0/s1. The Hall–Kier alpha value is -2.70. The van der Waals surface area contributed by atoms with E-state index in [1.54, 1.807) is 7.11 Å². The molecule has 6 nitrogen and oxygen atoms in total. The highest BCUT2D eigenvalue weighted by Gasteiger charge is 2.27. The van der Waals surface area contributed by atoms with Crippen molar-refractivity contribution in [2.24, 2.45) is 0 Å². The molecule has 1 aromatic carbocycles. The van der Waals surface area contributed by atoms with Crippen molar-refractivity contribution in [3.8, 4) is 11.1 Å². The van der Waals surface area contributed by atoms with Gasteiger partial charge >= 0.3 is 0 Å². The minimum absolute atomic E-state index is 0.0557. The summed E-state index contributed by atoms with van der Waals surface area (Å²) in [6, 6.07) is 7.22. The highest BCUT2D eigenvalue weighted by Crippen LogP contribution is 2.36. The third-order valence-corrected chi connectivity index (χ3v) is 6.50. The average Bonchev–Trinajstić information content (AvgIpc) is 3.43. The molecule has 0 saturated carbocycles. The van der Waals surface area contributed by atoms with E-state index in [9.17, 15) is 4.79 Å². The number of carbonyl (C=O) groups is 1. The quantitative estimate of drug-likeness (QED) is 0.698. The number of methoxy groups -OCH3 is 1. The molecule has 3 aromatic rings. The molecule has 5 rings (SSSR count). The molecule has 1 atom stereocenters. The van der Waals surface area contributed by atoms with Gasteiger partial charge in [-0.3, -0.25) is 4.79 Å². The van der Waals surface area contributed by atoms with E-state index in [0.717, 1.165) is 42.5 Å². The van der Waals surface area contributed by atoms with Crippen LogP contribution in [0.25, 0.3) is 22.2 Å². The number of H-pyrrole nitrogens is 1. The highest BCUT2D eigenvalue weighted by atomic mass is 16.5. The highest BCUT2D eigenvalue weighted by molar-refractivity contribution is 5.85. The van der Waals surface area contributed by atoms with Gasteiger partial charge < -0.3 is 19.9 Å². The van der Waals surface area contributed by atoms with Crippen LogP contribution in [0.4, 0.5) is 0 Å². The number of hydrogen-bond acceptors (Lipinski definition) is 4. The molecule has 6 heteroatoms. The van der Waals surface area contributed by atoms with E-state index in [1.807, 2.05) is 17.3 Å². The average molecular weight is 405 g/mol. The Bertz CT molecular complexity index is 1100. The second-order valence-corrected chi connectivity index (χ2v) is 8.44. The van der Waals surface area contributed by atoms with Gasteiger partial charge in [0.05, 0.1) is 0 Å². The summed E-state index contributed by atoms with van der Waals surface area (Å²) in [5, 5.41) is 4.82. The molecule has 2 aliphatic rings. The maximum Gasteiger partial charge on any atom is 0.248 e. The first kappa shape index (κ1) is 19.3. The summed E-state index contributed by atoms with van der Waals surface area (Å²) in [7, 11) is 1.57. The molecule has 0 spiro atoms. The van der Waals surface area contributed by atoms with E-state index in [-0.39, 0.29) is 12.5 Å². The number of nitrogens with one attached hydrogen (secondary N) is 2. The summed E-state index contributed by atoms with van der Waals surface area (Å²) in [5.74, 6) is 0.0557. The van der Waals surface area contributed by atoms with Crippen molar-refractivity contribution in [3.63, 3.8) is 0 Å². The van der Waals surface area contributed by atoms with Crippen LogP contribution in [0.1, 0.15) is 41.1 Å². The number of fused-ring (bicyclic) bond motifs is 2. The normalized spacial score (nSPS) is 18.7. The van der Waals surface area contributed by atoms with Crippen molar-refractivity contribution >= 4 is 16.9 Å². The van der Waals surface area contributed by atoms with Crippen LogP contribution in [0.3, 0.4) is 0 Å². The van der Waals surface area contributed by atoms with Crippen LogP contribution in [0.15, 0.2) is 30.6 Å². The molecule has 156 valence electrons. The van der Waals surface area contributed by atoms with Crippen LogP contribution in [0, 0.1) is 6.92 Å². The topological polar surface area (TPSA) is 70.2 Å². The zero-order valence-corrected chi connectivity index (χ0v) is 17.6. The van der Waals surface area contributed by atoms with Crippen molar-refractivity contribution in [3.05, 3.63) is 52.8 Å². The molecule has 4 heterocycles. The lowest BCUT2D eigenvalue weighted by molar-refractivity contribution is -0.136. The predicted molar refractivity (Wildman–Crippen MR) is 117 cm³/mol. The third kappa shape index (κ3) is 3.40. The molecular weight excluding hydrogens is 376 g/mol. The van der Waals surface area contributed by atoms with Crippen molar-refractivity contribution in [2.75, 3.05) is 26.8 Å². The van der Waals surface area contributed by atoms with Crippen molar-refractivity contribution in [1.29, 1.82) is 0 Å². The lowest BCUT2D eigenvalue weighted by Crippen LogP contribution is -2.38. The number of carbonyl (C=O) groups excluding carboxylic acids is 1. The molecule has 0 aliphatic carbocycles. The van der Waals surface area contributed by atoms with Crippen LogP contribution in [-0.2, 0) is 22.5 Å². The number of aromatic amines is 1. The van der Waals surface area contributed by atoms with Crippen LogP contribution >= 0.6 is 0 Å². The van der Waals surface area contributed by atoms with Gasteiger partial charge in [0.15, 0.2) is 0 Å². The Labute approximate surface area is 176 Å². The molecule has 0 unspecified atom stereocenters. The number of nitrogens with zero attached hydrogens (tertiary/aromatic N) is 2. The summed E-state index contributed by atoms with van der Waals surface area (Å²) < 4.78 is 5.07. The van der Waals surface area contributed by atoms with Crippen molar-refractivity contribution < 1.29 is 9.53 Å². The summed E-state index contributed by atoms with van der Waals surface area (Å²) in [6.07, 6.45) is 7.21. The van der Waals surface area contributed by atoms with Gasteiger partial charge in [-0.2, -0.15) is 0 Å². The van der Waals surface area contributed by atoms with Crippen molar-refractivity contribution in [1.82, 2.24) is 20.2 Å². The summed E-state index contributed by atoms with van der Waals surface area (Å²) in [6.45, 7) is 4.70. The van der Waals surface area contributed by atoms with Gasteiger partial charge in [0.2, 0.25) is 5.91 Å². The molecule has 2 aliphatic heterocycles. The predicted octanol–water partition coefficient (Wildman–Crippen LogP) is 3.49. The van der Waals surface area contributed by atoms with Crippen LogP contribution in [-0.4, -0.2) is 47.6 Å². The Morgan fingerprint density at radius 1 is 1.30 bits per heavy atom. The number of amides is 1. The zero-order chi connectivity index (χ0) is 20.7. The van der Waals surface area contributed by atoms with E-state index in [0.29, 0.717) is 12.6 Å². The molecule has 30 heavy (non-hydrogen) atoms. The monoisotopic (exact) mass is 404 g/mol. The lowest BCUT2D eigenvalue weighted by atomic mass is 9.86. The minimum Gasteiger partial charge on any atom is -0.375 e. The van der Waals surface area contributed by atoms with Gasteiger partial charge in [-0.1, -0.05) is 0 Å². The SMILES string of the molecule is COCC(=O)N1CCc2c(cc(-c3cnc4[nH]cc(C)c4c3)cc2[C@@H]2CCCN2)C1. The molecule has 1 saturated heterocycles. The Kier molecular flexibility index (Phi) is 5.05. The number of pyridine rings is 1. The zero-order valence-electron chi connectivity index (χ0n) is 17.6. The van der Waals surface area contributed by atoms with Gasteiger partial charge in [-0.15, -0.1) is 0 Å². The first-order valence-electron chi connectivity index (χ1n) is 10.7. The Morgan fingerprint density at radius 2 is 2.20 bits per heavy atom. The smallest absolute Gasteiger partial charge is 0.248 e. The summed E-state index contributed by atoms with van der Waals surface area (Å²) in [4.78, 5) is 22.2. The van der Waals surface area contributed by atoms with Crippen LogP contribution in [0.5, 0.6) is 0 Å². The van der Waals surface area contributed by atoms with Gasteiger partial charge in [-0.25, -0.2) is 4.98 Å². The molecule has 1 fully saturated rings. The number of benzene rings is 1. The fourth-order valence-corrected chi connectivity index (χ4v) is 4.88. The second-order valence-electron chi connectivity index (χ2n) is 8.44. The number of aromatic nitrogens is 2. The molecule has 1 amide bonds. The number of aryl methyl sites for hydroxylation is 1. The third-order valence-electron chi connectivity index (χ3n) is 6.50. The maximum absolute atomic E-state index is 12.4. The first-order chi connectivity index (χ1) is 14.6. The largest absolute Gasteiger partial charge is 0.375 e. The molecular formula is C24H28N4O2. The fourth-order valence-electron chi connectivity index (χ4n) is 4.88. The molecule has 0 bridgehead atoms. The minimum atomic E-state index is 0.0557. The van der Waals surface area contributed by atoms with Crippen LogP contribution in [0.2, 0.25) is 0 Å². The van der Waals surface area contributed by atoms with Crippen LogP contribution < -0.4 is 5.32 Å². The summed E-state index contributed by atoms with van der Waals surface area (Å²) in [5.41, 5.74) is 8.46. The molecule has 0 radical (unpaired) electrons. The van der Waals surface area contributed by atoms with Gasteiger partial charge in [0, 0.05) is 49.6 Å². The molecule has 2 N–H and O–H groups in total.